The van der Waals surface area contributed by atoms with Crippen LogP contribution < -0.4 is 9.33 Å². The molecule has 0 aliphatic heterocycles. The van der Waals surface area contributed by atoms with Crippen molar-refractivity contribution >= 4 is 35.1 Å². The summed E-state index contributed by atoms with van der Waals surface area (Å²) in [6.07, 6.45) is 3.16. The van der Waals surface area contributed by atoms with Gasteiger partial charge in [0.25, 0.3) is 0 Å². The molecule has 0 spiro atoms. The van der Waals surface area contributed by atoms with Gasteiger partial charge in [0.05, 0.1) is 0 Å². The van der Waals surface area contributed by atoms with Crippen LogP contribution in [0.4, 0.5) is 0 Å². The second-order valence-corrected chi connectivity index (χ2v) is 5.00. The number of Topliss-reactive ketones (excluding diaryl/α,β-unsaturated/α-hetero) is 2. The molecule has 0 saturated heterocycles. The maximum atomic E-state index is 11.1. The van der Waals surface area contributed by atoms with Gasteiger partial charge in [0.2, 0.25) is 0 Å². The molecule has 1 aromatic carbocycles. The summed E-state index contributed by atoms with van der Waals surface area (Å²) in [6.45, 7) is 3.03. The first-order valence-corrected chi connectivity index (χ1v) is 6.37. The van der Waals surface area contributed by atoms with Crippen LogP contribution in [0, 0.1) is 0 Å². The van der Waals surface area contributed by atoms with Crippen LogP contribution in [0.5, 0.6) is 0 Å². The van der Waals surface area contributed by atoms with Crippen molar-refractivity contribution in [2.24, 2.45) is 0 Å². The number of nitrogens with zero attached hydrogens (tertiary/aromatic N) is 1. The lowest BCUT2D eigenvalue weighted by atomic mass is 10.3. The summed E-state index contributed by atoms with van der Waals surface area (Å²) in [5.41, 5.74) is 0.955. The normalized spacial score (nSPS) is 13.0. The second-order valence-electron chi connectivity index (χ2n) is 3.96. The number of para-hydroxylation sites is 1. The molecule has 0 bridgehead atoms. The molecule has 1 heterocycles. The molecule has 0 radical (unpaired) electrons. The highest BCUT2D eigenvalue weighted by molar-refractivity contribution is 7.08. The van der Waals surface area contributed by atoms with E-state index in [9.17, 15) is 9.59 Å². The number of hydrogen-bond acceptors (Lipinski definition) is 3. The fourth-order valence-corrected chi connectivity index (χ4v) is 2.76. The average molecular weight is 259 g/mol. The number of hydrogen-bond donors (Lipinski definition) is 0. The Balaban J connectivity index is 2.64. The second kappa shape index (κ2) is 5.14. The van der Waals surface area contributed by atoms with Crippen LogP contribution in [-0.2, 0) is 9.59 Å². The van der Waals surface area contributed by atoms with Gasteiger partial charge in [-0.05, 0) is 26.0 Å². The number of benzene rings is 1. The Morgan fingerprint density at radius 2 is 1.50 bits per heavy atom. The summed E-state index contributed by atoms with van der Waals surface area (Å²) in [7, 11) is 0. The third kappa shape index (κ3) is 2.65. The summed E-state index contributed by atoms with van der Waals surface area (Å²) >= 11 is 1.44. The lowest BCUT2D eigenvalue weighted by Gasteiger charge is -2.12. The minimum Gasteiger partial charge on any atom is -0.295 e. The molecule has 0 N–H and O–H groups in total. The van der Waals surface area contributed by atoms with E-state index in [0.717, 1.165) is 15.0 Å². The first-order valence-electron chi connectivity index (χ1n) is 5.55. The predicted molar refractivity (Wildman–Crippen MR) is 73.2 cm³/mol. The fraction of sp³-hybridized carbons (Fsp3) is 0.143. The summed E-state index contributed by atoms with van der Waals surface area (Å²) < 4.78 is 3.61. The molecule has 0 fully saturated rings. The van der Waals surface area contributed by atoms with Crippen LogP contribution in [-0.4, -0.2) is 16.1 Å². The van der Waals surface area contributed by atoms with Crippen molar-refractivity contribution in [3.8, 4) is 5.69 Å². The lowest BCUT2D eigenvalue weighted by Crippen LogP contribution is -2.37. The van der Waals surface area contributed by atoms with Gasteiger partial charge >= 0.3 is 0 Å². The summed E-state index contributed by atoms with van der Waals surface area (Å²) in [4.78, 5) is 22.3. The fourth-order valence-electron chi connectivity index (χ4n) is 1.64. The van der Waals surface area contributed by atoms with E-state index >= 15 is 0 Å². The van der Waals surface area contributed by atoms with Crippen molar-refractivity contribution in [3.63, 3.8) is 0 Å². The molecule has 0 amide bonds. The SMILES string of the molecule is CC(=O)/C=c1\s/c(=C\C(C)=O)n1-c1ccccc1. The molecule has 3 nitrogen and oxygen atoms in total. The van der Waals surface area contributed by atoms with Crippen molar-refractivity contribution in [3.05, 3.63) is 39.7 Å². The van der Waals surface area contributed by atoms with Crippen LogP contribution in [0.15, 0.2) is 30.3 Å². The molecule has 0 unspecified atom stereocenters. The lowest BCUT2D eigenvalue weighted by molar-refractivity contribution is -0.112. The van der Waals surface area contributed by atoms with Crippen molar-refractivity contribution in [1.29, 1.82) is 0 Å². The van der Waals surface area contributed by atoms with Gasteiger partial charge in [0.1, 0.15) is 9.33 Å². The Morgan fingerprint density at radius 3 is 1.94 bits per heavy atom. The molecular formula is C14H13NO2S. The molecule has 2 rings (SSSR count). The molecule has 0 atom stereocenters. The molecule has 0 saturated carbocycles. The number of ketones is 2. The minimum absolute atomic E-state index is 0.000283. The molecule has 0 aliphatic rings. The van der Waals surface area contributed by atoms with Crippen LogP contribution in [0.2, 0.25) is 0 Å². The number of aromatic nitrogens is 1. The predicted octanol–water partition coefficient (Wildman–Crippen LogP) is 1.28. The van der Waals surface area contributed by atoms with Crippen molar-refractivity contribution < 1.29 is 9.59 Å². The van der Waals surface area contributed by atoms with Gasteiger partial charge in [-0.2, -0.15) is 0 Å². The largest absolute Gasteiger partial charge is 0.295 e. The zero-order valence-corrected chi connectivity index (χ0v) is 11.0. The van der Waals surface area contributed by atoms with E-state index in [1.165, 1.54) is 25.2 Å². The molecule has 92 valence electrons. The zero-order chi connectivity index (χ0) is 13.1. The summed E-state index contributed by atoms with van der Waals surface area (Å²) in [6, 6.07) is 9.67. The molecular weight excluding hydrogens is 246 g/mol. The number of carbonyl (C=O) groups is 2. The van der Waals surface area contributed by atoms with Gasteiger partial charge in [-0.3, -0.25) is 14.2 Å². The monoisotopic (exact) mass is 259 g/mol. The molecule has 18 heavy (non-hydrogen) atoms. The Kier molecular flexibility index (Phi) is 3.58. The van der Waals surface area contributed by atoms with E-state index in [2.05, 4.69) is 0 Å². The van der Waals surface area contributed by atoms with Crippen LogP contribution in [0.3, 0.4) is 0 Å². The van der Waals surface area contributed by atoms with Gasteiger partial charge in [0.15, 0.2) is 11.6 Å². The minimum atomic E-state index is 0.000283. The molecule has 4 heteroatoms. The maximum Gasteiger partial charge on any atom is 0.155 e. The van der Waals surface area contributed by atoms with Crippen LogP contribution in [0.1, 0.15) is 13.8 Å². The molecule has 2 aromatic rings. The van der Waals surface area contributed by atoms with Crippen molar-refractivity contribution in [1.82, 2.24) is 4.57 Å². The van der Waals surface area contributed by atoms with Gasteiger partial charge in [0, 0.05) is 17.8 Å². The van der Waals surface area contributed by atoms with E-state index in [0.29, 0.717) is 0 Å². The van der Waals surface area contributed by atoms with E-state index in [1.807, 2.05) is 34.9 Å². The maximum absolute atomic E-state index is 11.1. The first kappa shape index (κ1) is 12.5. The zero-order valence-electron chi connectivity index (χ0n) is 10.2. The summed E-state index contributed by atoms with van der Waals surface area (Å²) in [5, 5.41) is 0. The number of rotatable bonds is 3. The average Bonchev–Trinajstić information content (AvgIpc) is 2.27. The van der Waals surface area contributed by atoms with Crippen molar-refractivity contribution in [2.75, 3.05) is 0 Å². The molecule has 1 aromatic heterocycles. The van der Waals surface area contributed by atoms with Gasteiger partial charge in [-0.1, -0.05) is 29.5 Å². The third-order valence-corrected chi connectivity index (χ3v) is 3.34. The highest BCUT2D eigenvalue weighted by atomic mass is 32.1. The van der Waals surface area contributed by atoms with E-state index in [-0.39, 0.29) is 11.6 Å². The first-order chi connectivity index (χ1) is 8.58. The highest BCUT2D eigenvalue weighted by Gasteiger charge is 2.05. The Bertz CT molecular complexity index is 653. The van der Waals surface area contributed by atoms with E-state index < -0.39 is 0 Å². The Morgan fingerprint density at radius 1 is 1.00 bits per heavy atom. The Labute approximate surface area is 109 Å². The highest BCUT2D eigenvalue weighted by Crippen LogP contribution is 2.03. The van der Waals surface area contributed by atoms with Gasteiger partial charge in [-0.25, -0.2) is 0 Å². The van der Waals surface area contributed by atoms with E-state index in [1.54, 1.807) is 12.2 Å². The van der Waals surface area contributed by atoms with Crippen LogP contribution >= 0.6 is 11.3 Å². The Hall–Kier alpha value is -1.94. The standard InChI is InChI=1S/C14H13NO2S/c1-10(16)8-13-15(12-6-4-3-5-7-12)14(18-13)9-11(2)17/h3-9H,1-2H3/b13-8-,14-9-. The number of carbonyl (C=O) groups excluding carboxylic acids is 2. The topological polar surface area (TPSA) is 39.1 Å². The summed E-state index contributed by atoms with van der Waals surface area (Å²) in [5.74, 6) is 0.000567. The third-order valence-electron chi connectivity index (χ3n) is 2.32. The smallest absolute Gasteiger partial charge is 0.155 e. The van der Waals surface area contributed by atoms with Crippen molar-refractivity contribution in [2.45, 2.75) is 13.8 Å². The molecule has 0 aliphatic carbocycles. The van der Waals surface area contributed by atoms with E-state index in [4.69, 9.17) is 0 Å². The van der Waals surface area contributed by atoms with Crippen LogP contribution in [0.25, 0.3) is 17.8 Å². The van der Waals surface area contributed by atoms with Gasteiger partial charge in [-0.15, -0.1) is 0 Å². The quantitative estimate of drug-likeness (QED) is 0.833. The van der Waals surface area contributed by atoms with Gasteiger partial charge < -0.3 is 0 Å².